The Bertz CT molecular complexity index is 646. The number of carbonyl (C=O) groups excluding carboxylic acids is 1. The monoisotopic (exact) mass is 426 g/mol. The highest BCUT2D eigenvalue weighted by Crippen LogP contribution is 2.74. The summed E-state index contributed by atoms with van der Waals surface area (Å²) >= 11 is 0. The number of ether oxygens (including phenoxy) is 1. The molecule has 3 fully saturated rings. The van der Waals surface area contributed by atoms with Crippen LogP contribution in [0.3, 0.4) is 0 Å². The average Bonchev–Trinajstić information content (AvgIpc) is 3.38. The van der Waals surface area contributed by atoms with Gasteiger partial charge in [-0.3, -0.25) is 4.79 Å². The second kappa shape index (κ2) is 6.41. The summed E-state index contributed by atoms with van der Waals surface area (Å²) in [5.41, 5.74) is -0.477. The van der Waals surface area contributed by atoms with Crippen molar-refractivity contribution in [3.8, 4) is 0 Å². The molecule has 0 aliphatic heterocycles. The minimum atomic E-state index is -2.06. The summed E-state index contributed by atoms with van der Waals surface area (Å²) < 4.78 is 19.4. The van der Waals surface area contributed by atoms with Crippen LogP contribution >= 0.6 is 0 Å². The molecule has 4 nitrogen and oxygen atoms in total. The maximum atomic E-state index is 13.0. The second-order valence-corrected chi connectivity index (χ2v) is 22.1. The quantitative estimate of drug-likeness (QED) is 0.424. The number of rotatable bonds is 5. The fraction of sp³-hybridized carbons (Fsp3) is 0.955. The number of methoxy groups -OCH3 is 1. The molecular weight excluding hydrogens is 384 g/mol. The number of esters is 1. The van der Waals surface area contributed by atoms with Crippen LogP contribution < -0.4 is 0 Å². The summed E-state index contributed by atoms with van der Waals surface area (Å²) in [7, 11) is -2.51. The van der Waals surface area contributed by atoms with Crippen LogP contribution in [-0.4, -0.2) is 41.9 Å². The van der Waals surface area contributed by atoms with Crippen molar-refractivity contribution in [3.63, 3.8) is 0 Å². The molecule has 6 heteroatoms. The molecule has 3 rings (SSSR count). The van der Waals surface area contributed by atoms with Gasteiger partial charge >= 0.3 is 5.97 Å². The van der Waals surface area contributed by atoms with Gasteiger partial charge in [0.2, 0.25) is 0 Å². The van der Waals surface area contributed by atoms with Crippen molar-refractivity contribution in [2.75, 3.05) is 7.11 Å². The molecule has 0 aromatic rings. The van der Waals surface area contributed by atoms with Crippen molar-refractivity contribution in [3.05, 3.63) is 0 Å². The van der Waals surface area contributed by atoms with Gasteiger partial charge in [-0.1, -0.05) is 41.5 Å². The van der Waals surface area contributed by atoms with Crippen LogP contribution in [0.25, 0.3) is 0 Å². The zero-order valence-corrected chi connectivity index (χ0v) is 21.9. The van der Waals surface area contributed by atoms with Crippen molar-refractivity contribution < 1.29 is 18.4 Å². The number of fused-ring (bicyclic) bond motifs is 3. The molecule has 0 spiro atoms. The Labute approximate surface area is 174 Å². The van der Waals surface area contributed by atoms with E-state index in [1.54, 1.807) is 0 Å². The van der Waals surface area contributed by atoms with Gasteiger partial charge in [-0.15, -0.1) is 0 Å². The lowest BCUT2D eigenvalue weighted by Crippen LogP contribution is -2.58. The molecule has 0 unspecified atom stereocenters. The van der Waals surface area contributed by atoms with Gasteiger partial charge in [-0.2, -0.15) is 0 Å². The van der Waals surface area contributed by atoms with E-state index < -0.39 is 22.0 Å². The van der Waals surface area contributed by atoms with Gasteiger partial charge in [0.25, 0.3) is 0 Å². The highest BCUT2D eigenvalue weighted by Gasteiger charge is 2.79. The fourth-order valence-corrected chi connectivity index (χ4v) is 7.30. The summed E-state index contributed by atoms with van der Waals surface area (Å²) in [4.78, 5) is 13.0. The summed E-state index contributed by atoms with van der Waals surface area (Å²) in [6, 6.07) is 0. The largest absolute Gasteiger partial charge is 0.469 e. The van der Waals surface area contributed by atoms with E-state index in [-0.39, 0.29) is 28.3 Å². The Morgan fingerprint density at radius 1 is 0.893 bits per heavy atom. The molecule has 28 heavy (non-hydrogen) atoms. The lowest BCUT2D eigenvalue weighted by Gasteiger charge is -2.48. The van der Waals surface area contributed by atoms with E-state index >= 15 is 0 Å². The molecule has 0 saturated heterocycles. The predicted molar refractivity (Wildman–Crippen MR) is 118 cm³/mol. The molecule has 0 radical (unpaired) electrons. The fourth-order valence-electron chi connectivity index (χ4n) is 4.63. The normalized spacial score (nSPS) is 37.8. The highest BCUT2D eigenvalue weighted by atomic mass is 28.4. The van der Waals surface area contributed by atoms with E-state index in [2.05, 4.69) is 67.7 Å². The van der Waals surface area contributed by atoms with Gasteiger partial charge < -0.3 is 13.6 Å². The Morgan fingerprint density at radius 3 is 1.86 bits per heavy atom. The van der Waals surface area contributed by atoms with Crippen LogP contribution in [-0.2, 0) is 18.4 Å². The Balaban J connectivity index is 1.98. The number of hydrogen-bond acceptors (Lipinski definition) is 4. The van der Waals surface area contributed by atoms with Gasteiger partial charge in [0, 0.05) is 0 Å². The van der Waals surface area contributed by atoms with Crippen LogP contribution in [0.1, 0.15) is 54.4 Å². The molecule has 0 bridgehead atoms. The predicted octanol–water partition coefficient (Wildman–Crippen LogP) is 5.60. The maximum Gasteiger partial charge on any atom is 0.314 e. The molecule has 0 amide bonds. The standard InChI is InChI=1S/C22H42O4Si2/c1-20(2,3)27(8,9)25-17-15-12-14(15)16-13-22(16,19(23)24-7)18(17)26-28(10,11)21(4,5)6/h14-18H,12-13H2,1-11H3/t14-,15+,16+,17-,18+,22-/m0/s1. The first kappa shape index (κ1) is 22.5. The van der Waals surface area contributed by atoms with E-state index in [9.17, 15) is 4.79 Å². The van der Waals surface area contributed by atoms with Crippen molar-refractivity contribution >= 4 is 22.6 Å². The molecular formula is C22H42O4Si2. The third kappa shape index (κ3) is 3.36. The third-order valence-electron chi connectivity index (χ3n) is 8.73. The molecule has 0 aromatic carbocycles. The highest BCUT2D eigenvalue weighted by molar-refractivity contribution is 6.74. The Kier molecular flexibility index (Phi) is 5.15. The van der Waals surface area contributed by atoms with Crippen LogP contribution in [0.5, 0.6) is 0 Å². The van der Waals surface area contributed by atoms with Gasteiger partial charge in [0.1, 0.15) is 0 Å². The summed E-state index contributed by atoms with van der Waals surface area (Å²) in [6.07, 6.45) is 1.96. The van der Waals surface area contributed by atoms with Gasteiger partial charge in [-0.25, -0.2) is 0 Å². The molecule has 3 saturated carbocycles. The summed E-state index contributed by atoms with van der Waals surface area (Å²) in [5.74, 6) is 1.52. The minimum Gasteiger partial charge on any atom is -0.469 e. The zero-order valence-electron chi connectivity index (χ0n) is 19.9. The Morgan fingerprint density at radius 2 is 1.39 bits per heavy atom. The maximum absolute atomic E-state index is 13.0. The summed E-state index contributed by atoms with van der Waals surface area (Å²) in [5, 5.41) is 0.231. The van der Waals surface area contributed by atoms with E-state index in [4.69, 9.17) is 13.6 Å². The first-order chi connectivity index (χ1) is 12.5. The van der Waals surface area contributed by atoms with Crippen LogP contribution in [0, 0.1) is 23.2 Å². The molecule has 162 valence electrons. The molecule has 3 aliphatic carbocycles. The van der Waals surface area contributed by atoms with Crippen LogP contribution in [0.2, 0.25) is 36.3 Å². The molecule has 0 heterocycles. The SMILES string of the molecule is COC(=O)[C@@]12C[C@@H]1[C@H]1C[C@H]1[C@H](O[Si](C)(C)C(C)(C)C)[C@H]2O[Si](C)(C)C(C)(C)C. The lowest BCUT2D eigenvalue weighted by molar-refractivity contribution is -0.158. The molecule has 6 atom stereocenters. The topological polar surface area (TPSA) is 44.8 Å². The molecule has 0 N–H and O–H groups in total. The van der Waals surface area contributed by atoms with Crippen molar-refractivity contribution in [1.82, 2.24) is 0 Å². The van der Waals surface area contributed by atoms with Crippen LogP contribution in [0.4, 0.5) is 0 Å². The van der Waals surface area contributed by atoms with E-state index in [1.165, 1.54) is 13.5 Å². The van der Waals surface area contributed by atoms with E-state index in [0.717, 1.165) is 6.42 Å². The van der Waals surface area contributed by atoms with Gasteiger partial charge in [0.05, 0.1) is 24.7 Å². The first-order valence-corrected chi connectivity index (χ1v) is 16.8. The Hall–Kier alpha value is -0.176. The van der Waals surface area contributed by atoms with Gasteiger partial charge in [-0.05, 0) is 66.9 Å². The summed E-state index contributed by atoms with van der Waals surface area (Å²) in [6.45, 7) is 22.9. The molecule has 0 aromatic heterocycles. The van der Waals surface area contributed by atoms with E-state index in [1.807, 2.05) is 0 Å². The lowest BCUT2D eigenvalue weighted by atomic mass is 9.83. The molecule has 3 aliphatic rings. The smallest absolute Gasteiger partial charge is 0.314 e. The third-order valence-corrected chi connectivity index (χ3v) is 17.7. The first-order valence-electron chi connectivity index (χ1n) is 10.9. The van der Waals surface area contributed by atoms with Crippen LogP contribution in [0.15, 0.2) is 0 Å². The van der Waals surface area contributed by atoms with Crippen molar-refractivity contribution in [2.45, 2.75) is 103 Å². The minimum absolute atomic E-state index is 0.0258. The average molecular weight is 427 g/mol. The number of hydrogen-bond donors (Lipinski definition) is 0. The second-order valence-electron chi connectivity index (χ2n) is 12.5. The van der Waals surface area contributed by atoms with Gasteiger partial charge in [0.15, 0.2) is 16.6 Å². The number of carbonyl (C=O) groups is 1. The van der Waals surface area contributed by atoms with Crippen molar-refractivity contribution in [2.24, 2.45) is 23.2 Å². The van der Waals surface area contributed by atoms with Crippen molar-refractivity contribution in [1.29, 1.82) is 0 Å². The zero-order chi connectivity index (χ0) is 21.5. The van der Waals surface area contributed by atoms with E-state index in [0.29, 0.717) is 17.8 Å².